The van der Waals surface area contributed by atoms with Crippen LogP contribution in [0.4, 0.5) is 0 Å². The highest BCUT2D eigenvalue weighted by Crippen LogP contribution is 2.28. The van der Waals surface area contributed by atoms with Crippen molar-refractivity contribution in [1.82, 2.24) is 24.6 Å². The third-order valence-corrected chi connectivity index (χ3v) is 6.35. The second-order valence-electron chi connectivity index (χ2n) is 7.57. The minimum atomic E-state index is -0.0695. The Morgan fingerprint density at radius 1 is 1.06 bits per heavy atom. The number of hydrogen-bond donors (Lipinski definition) is 0. The minimum absolute atomic E-state index is 0.0695. The summed E-state index contributed by atoms with van der Waals surface area (Å²) in [6, 6.07) is 19.8. The number of para-hydroxylation sites is 1. The van der Waals surface area contributed by atoms with Crippen molar-refractivity contribution in [3.63, 3.8) is 0 Å². The van der Waals surface area contributed by atoms with E-state index in [1.54, 1.807) is 20.9 Å². The predicted molar refractivity (Wildman–Crippen MR) is 124 cm³/mol. The van der Waals surface area contributed by atoms with Crippen LogP contribution < -0.4 is 0 Å². The molecular formula is C24H21N5OS. The van der Waals surface area contributed by atoms with Crippen LogP contribution in [0.3, 0.4) is 0 Å². The van der Waals surface area contributed by atoms with Gasteiger partial charge >= 0.3 is 0 Å². The van der Waals surface area contributed by atoms with Gasteiger partial charge in [0.05, 0.1) is 39.1 Å². The van der Waals surface area contributed by atoms with E-state index >= 15 is 0 Å². The van der Waals surface area contributed by atoms with Gasteiger partial charge in [-0.2, -0.15) is 5.10 Å². The van der Waals surface area contributed by atoms with Crippen LogP contribution >= 0.6 is 11.3 Å². The van der Waals surface area contributed by atoms with Crippen LogP contribution in [0, 0.1) is 6.92 Å². The summed E-state index contributed by atoms with van der Waals surface area (Å²) in [6.07, 6.45) is 0. The average molecular weight is 428 g/mol. The quantitative estimate of drug-likeness (QED) is 0.412. The van der Waals surface area contributed by atoms with Crippen molar-refractivity contribution in [3.8, 4) is 11.3 Å². The van der Waals surface area contributed by atoms with Gasteiger partial charge in [-0.15, -0.1) is 11.3 Å². The fourth-order valence-electron chi connectivity index (χ4n) is 3.84. The summed E-state index contributed by atoms with van der Waals surface area (Å²) >= 11 is 1.62. The van der Waals surface area contributed by atoms with Crippen molar-refractivity contribution in [2.24, 2.45) is 7.05 Å². The Balaban J connectivity index is 1.56. The molecule has 5 aromatic rings. The molecule has 0 fully saturated rings. The molecule has 0 saturated heterocycles. The lowest BCUT2D eigenvalue weighted by Gasteiger charge is -2.17. The molecule has 0 spiro atoms. The zero-order chi connectivity index (χ0) is 21.5. The molecule has 3 aromatic heterocycles. The molecule has 2 aromatic carbocycles. The molecule has 6 nitrogen and oxygen atoms in total. The van der Waals surface area contributed by atoms with Gasteiger partial charge in [0.1, 0.15) is 5.01 Å². The number of carbonyl (C=O) groups excluding carboxylic acids is 1. The first-order valence-corrected chi connectivity index (χ1v) is 10.8. The van der Waals surface area contributed by atoms with Gasteiger partial charge in [-0.05, 0) is 25.1 Å². The van der Waals surface area contributed by atoms with Crippen molar-refractivity contribution in [1.29, 1.82) is 0 Å². The minimum Gasteiger partial charge on any atom is -0.335 e. The predicted octanol–water partition coefficient (Wildman–Crippen LogP) is 4.83. The first-order chi connectivity index (χ1) is 15.0. The van der Waals surface area contributed by atoms with Crippen molar-refractivity contribution >= 4 is 38.5 Å². The number of fused-ring (bicyclic) bond motifs is 2. The number of aryl methyl sites for hydroxylation is 2. The lowest BCUT2D eigenvalue weighted by molar-refractivity contribution is 0.0787. The topological polar surface area (TPSA) is 63.9 Å². The normalized spacial score (nSPS) is 11.3. The van der Waals surface area contributed by atoms with E-state index < -0.39 is 0 Å². The maximum atomic E-state index is 13.6. The van der Waals surface area contributed by atoms with Crippen LogP contribution in [0.2, 0.25) is 0 Å². The van der Waals surface area contributed by atoms with E-state index in [2.05, 4.69) is 16.1 Å². The molecule has 31 heavy (non-hydrogen) atoms. The first-order valence-electron chi connectivity index (χ1n) is 10.0. The Kier molecular flexibility index (Phi) is 4.75. The van der Waals surface area contributed by atoms with E-state index in [4.69, 9.17) is 4.98 Å². The molecule has 1 amide bonds. The number of pyridine rings is 1. The number of benzene rings is 2. The number of aromatic nitrogens is 4. The SMILES string of the molecule is Cc1nn(C)c2nc(-c3ccccc3)cc(C(=O)N(C)Cc3nc4ccccc4s3)c12. The van der Waals surface area contributed by atoms with Gasteiger partial charge in [0, 0.05) is 19.7 Å². The van der Waals surface area contributed by atoms with Crippen LogP contribution in [0.5, 0.6) is 0 Å². The Labute approximate surface area is 183 Å². The summed E-state index contributed by atoms with van der Waals surface area (Å²) < 4.78 is 2.86. The second kappa shape index (κ2) is 7.59. The lowest BCUT2D eigenvalue weighted by Crippen LogP contribution is -2.26. The van der Waals surface area contributed by atoms with Gasteiger partial charge < -0.3 is 4.90 Å². The van der Waals surface area contributed by atoms with E-state index in [0.717, 1.165) is 37.6 Å². The second-order valence-corrected chi connectivity index (χ2v) is 8.68. The summed E-state index contributed by atoms with van der Waals surface area (Å²) in [4.78, 5) is 24.8. The van der Waals surface area contributed by atoms with Crippen molar-refractivity contribution in [3.05, 3.63) is 76.9 Å². The molecule has 7 heteroatoms. The number of thiazole rings is 1. The Morgan fingerprint density at radius 2 is 1.81 bits per heavy atom. The highest BCUT2D eigenvalue weighted by molar-refractivity contribution is 7.18. The van der Waals surface area contributed by atoms with E-state index in [1.165, 1.54) is 0 Å². The molecule has 5 rings (SSSR count). The first kappa shape index (κ1) is 19.4. The standard InChI is InChI=1S/C24H21N5OS/c1-15-22-17(13-19(16-9-5-4-6-10-16)26-23(22)29(3)27-15)24(30)28(2)14-21-25-18-11-7-8-12-20(18)31-21/h4-13H,14H2,1-3H3. The Hall–Kier alpha value is -3.58. The molecule has 0 atom stereocenters. The maximum absolute atomic E-state index is 13.6. The third-order valence-electron chi connectivity index (χ3n) is 5.33. The average Bonchev–Trinajstić information content (AvgIpc) is 3.32. The molecule has 0 radical (unpaired) electrons. The molecule has 0 bridgehead atoms. The fraction of sp³-hybridized carbons (Fsp3) is 0.167. The fourth-order valence-corrected chi connectivity index (χ4v) is 4.86. The van der Waals surface area contributed by atoms with Crippen molar-refractivity contribution < 1.29 is 4.79 Å². The Bertz CT molecular complexity index is 1390. The summed E-state index contributed by atoms with van der Waals surface area (Å²) in [5.41, 5.74) is 4.79. The van der Waals surface area contributed by atoms with Crippen LogP contribution in [0.1, 0.15) is 21.1 Å². The van der Waals surface area contributed by atoms with Crippen LogP contribution in [-0.2, 0) is 13.6 Å². The van der Waals surface area contributed by atoms with Gasteiger partial charge in [-0.1, -0.05) is 42.5 Å². The highest BCUT2D eigenvalue weighted by atomic mass is 32.1. The van der Waals surface area contributed by atoms with Gasteiger partial charge in [-0.25, -0.2) is 9.97 Å². The molecule has 0 saturated carbocycles. The smallest absolute Gasteiger partial charge is 0.254 e. The molecular weight excluding hydrogens is 406 g/mol. The maximum Gasteiger partial charge on any atom is 0.254 e. The van der Waals surface area contributed by atoms with Gasteiger partial charge in [0.25, 0.3) is 5.91 Å². The van der Waals surface area contributed by atoms with E-state index in [-0.39, 0.29) is 5.91 Å². The zero-order valence-corrected chi connectivity index (χ0v) is 18.3. The third kappa shape index (κ3) is 3.47. The van der Waals surface area contributed by atoms with Crippen molar-refractivity contribution in [2.75, 3.05) is 7.05 Å². The molecule has 0 N–H and O–H groups in total. The van der Waals surface area contributed by atoms with E-state index in [1.807, 2.05) is 75.6 Å². The van der Waals surface area contributed by atoms with Crippen LogP contribution in [0.25, 0.3) is 32.5 Å². The molecule has 0 aliphatic rings. The van der Waals surface area contributed by atoms with Gasteiger partial charge in [-0.3, -0.25) is 9.48 Å². The molecule has 0 unspecified atom stereocenters. The summed E-state index contributed by atoms with van der Waals surface area (Å²) in [6.45, 7) is 2.36. The van der Waals surface area contributed by atoms with Crippen LogP contribution in [0.15, 0.2) is 60.7 Å². The summed E-state index contributed by atoms with van der Waals surface area (Å²) in [5.74, 6) is -0.0695. The molecule has 0 aliphatic heterocycles. The van der Waals surface area contributed by atoms with E-state index in [9.17, 15) is 4.79 Å². The summed E-state index contributed by atoms with van der Waals surface area (Å²) in [5, 5.41) is 6.22. The molecule has 154 valence electrons. The van der Waals surface area contributed by atoms with Gasteiger partial charge in [0.15, 0.2) is 5.65 Å². The lowest BCUT2D eigenvalue weighted by atomic mass is 10.0. The van der Waals surface area contributed by atoms with Crippen molar-refractivity contribution in [2.45, 2.75) is 13.5 Å². The number of hydrogen-bond acceptors (Lipinski definition) is 5. The summed E-state index contributed by atoms with van der Waals surface area (Å²) in [7, 11) is 3.67. The number of carbonyl (C=O) groups is 1. The van der Waals surface area contributed by atoms with Gasteiger partial charge in [0.2, 0.25) is 0 Å². The highest BCUT2D eigenvalue weighted by Gasteiger charge is 2.22. The number of amides is 1. The Morgan fingerprint density at radius 3 is 2.58 bits per heavy atom. The molecule has 3 heterocycles. The number of rotatable bonds is 4. The number of nitrogens with zero attached hydrogens (tertiary/aromatic N) is 5. The largest absolute Gasteiger partial charge is 0.335 e. The van der Waals surface area contributed by atoms with E-state index in [0.29, 0.717) is 17.8 Å². The monoisotopic (exact) mass is 427 g/mol. The van der Waals surface area contributed by atoms with Crippen LogP contribution in [-0.4, -0.2) is 37.6 Å². The zero-order valence-electron chi connectivity index (χ0n) is 17.5. The molecule has 0 aliphatic carbocycles.